The molecule has 2 aromatic heterocycles. The zero-order valence-electron chi connectivity index (χ0n) is 8.10. The third kappa shape index (κ3) is 1.39. The number of hydrogen-bond acceptors (Lipinski definition) is 2. The molecule has 4 nitrogen and oxygen atoms in total. The van der Waals surface area contributed by atoms with Crippen molar-refractivity contribution < 1.29 is 4.57 Å². The number of hydrogen-bond donors (Lipinski definition) is 0. The predicted molar refractivity (Wildman–Crippen MR) is 48.2 cm³/mol. The summed E-state index contributed by atoms with van der Waals surface area (Å²) < 4.78 is 3.83. The Kier molecular flexibility index (Phi) is 1.58. The molecule has 4 heteroatoms. The summed E-state index contributed by atoms with van der Waals surface area (Å²) in [4.78, 5) is 4.01. The molecule has 0 saturated heterocycles. The molecule has 68 valence electrons. The van der Waals surface area contributed by atoms with E-state index in [0.29, 0.717) is 0 Å². The summed E-state index contributed by atoms with van der Waals surface area (Å²) >= 11 is 0. The fourth-order valence-electron chi connectivity index (χ4n) is 1.14. The van der Waals surface area contributed by atoms with Crippen LogP contribution in [0.4, 0.5) is 0 Å². The van der Waals surface area contributed by atoms with Gasteiger partial charge in [0.05, 0.1) is 11.3 Å². The third-order valence-corrected chi connectivity index (χ3v) is 1.99. The number of fused-ring (bicyclic) bond motifs is 1. The molecule has 0 unspecified atom stereocenters. The maximum absolute atomic E-state index is 4.22. The highest BCUT2D eigenvalue weighted by Gasteiger charge is 2.18. The molecular weight excluding hydrogens is 164 g/mol. The van der Waals surface area contributed by atoms with Crippen molar-refractivity contribution in [2.45, 2.75) is 26.3 Å². The Morgan fingerprint density at radius 3 is 2.85 bits per heavy atom. The molecule has 0 N–H and O–H groups in total. The molecule has 13 heavy (non-hydrogen) atoms. The minimum Gasteiger partial charge on any atom is -0.240 e. The van der Waals surface area contributed by atoms with Crippen LogP contribution in [-0.2, 0) is 5.54 Å². The monoisotopic (exact) mass is 177 g/mol. The van der Waals surface area contributed by atoms with Crippen molar-refractivity contribution >= 4 is 5.52 Å². The predicted octanol–water partition coefficient (Wildman–Crippen LogP) is 0.772. The van der Waals surface area contributed by atoms with Crippen molar-refractivity contribution in [2.24, 2.45) is 0 Å². The molecular formula is C9H13N4+. The number of nitrogens with zero attached hydrogens (tertiary/aromatic N) is 4. The quantitative estimate of drug-likeness (QED) is 0.557. The van der Waals surface area contributed by atoms with Crippen LogP contribution in [0.25, 0.3) is 5.52 Å². The maximum atomic E-state index is 4.22. The minimum absolute atomic E-state index is 0.0685. The molecule has 0 bridgehead atoms. The Morgan fingerprint density at radius 2 is 2.15 bits per heavy atom. The van der Waals surface area contributed by atoms with Crippen molar-refractivity contribution in [2.75, 3.05) is 0 Å². The van der Waals surface area contributed by atoms with E-state index in [9.17, 15) is 0 Å². The highest BCUT2D eigenvalue weighted by atomic mass is 15.3. The lowest BCUT2D eigenvalue weighted by Gasteiger charge is -2.14. The van der Waals surface area contributed by atoms with Crippen LogP contribution in [0.1, 0.15) is 20.8 Å². The van der Waals surface area contributed by atoms with Crippen LogP contribution < -0.4 is 4.57 Å². The van der Waals surface area contributed by atoms with E-state index in [2.05, 4.69) is 35.4 Å². The SMILES string of the molecule is CC(C)(C)[n+]1cnn2cncc2c1. The number of imidazole rings is 1. The second-order valence-corrected chi connectivity index (χ2v) is 4.10. The Hall–Kier alpha value is -1.45. The van der Waals surface area contributed by atoms with E-state index >= 15 is 0 Å². The van der Waals surface area contributed by atoms with Crippen LogP contribution in [-0.4, -0.2) is 14.6 Å². The summed E-state index contributed by atoms with van der Waals surface area (Å²) in [5.74, 6) is 0. The Bertz CT molecular complexity index is 424. The molecule has 0 spiro atoms. The maximum Gasteiger partial charge on any atom is 0.313 e. The summed E-state index contributed by atoms with van der Waals surface area (Å²) in [5, 5.41) is 4.22. The smallest absolute Gasteiger partial charge is 0.240 e. The van der Waals surface area contributed by atoms with E-state index in [1.807, 2.05) is 12.5 Å². The van der Waals surface area contributed by atoms with Crippen LogP contribution in [0, 0.1) is 0 Å². The first-order valence-corrected chi connectivity index (χ1v) is 4.27. The first kappa shape index (κ1) is 8.16. The standard InChI is InChI=1S/C9H13N4/c1-9(2,3)12-5-8-4-10-6-13(8)11-7-12/h4-7H,1-3H3/q+1. The van der Waals surface area contributed by atoms with Gasteiger partial charge in [-0.1, -0.05) is 0 Å². The molecule has 0 fully saturated rings. The molecule has 0 saturated carbocycles. The van der Waals surface area contributed by atoms with E-state index in [0.717, 1.165) is 5.52 Å². The summed E-state index contributed by atoms with van der Waals surface area (Å²) in [6.45, 7) is 6.42. The Labute approximate surface area is 76.8 Å². The Balaban J connectivity index is 2.61. The van der Waals surface area contributed by atoms with Gasteiger partial charge in [-0.15, -0.1) is 4.52 Å². The zero-order valence-corrected chi connectivity index (χ0v) is 8.10. The fraction of sp³-hybridized carbons (Fsp3) is 0.444. The van der Waals surface area contributed by atoms with Crippen LogP contribution in [0.5, 0.6) is 0 Å². The average molecular weight is 177 g/mol. The van der Waals surface area contributed by atoms with Crippen molar-refractivity contribution in [3.8, 4) is 0 Å². The van der Waals surface area contributed by atoms with Gasteiger partial charge in [0.25, 0.3) is 0 Å². The van der Waals surface area contributed by atoms with Gasteiger partial charge in [0, 0.05) is 0 Å². The van der Waals surface area contributed by atoms with E-state index in [4.69, 9.17) is 0 Å². The van der Waals surface area contributed by atoms with Gasteiger partial charge < -0.3 is 0 Å². The lowest BCUT2D eigenvalue weighted by Crippen LogP contribution is -2.50. The molecule has 2 rings (SSSR count). The summed E-state index contributed by atoms with van der Waals surface area (Å²) in [6.07, 6.45) is 7.35. The van der Waals surface area contributed by atoms with Crippen molar-refractivity contribution in [1.82, 2.24) is 14.6 Å². The molecule has 0 aliphatic heterocycles. The lowest BCUT2D eigenvalue weighted by atomic mass is 10.1. The van der Waals surface area contributed by atoms with Gasteiger partial charge >= 0.3 is 6.33 Å². The molecule has 0 radical (unpaired) electrons. The fourth-order valence-corrected chi connectivity index (χ4v) is 1.14. The second-order valence-electron chi connectivity index (χ2n) is 4.10. The summed E-state index contributed by atoms with van der Waals surface area (Å²) in [5.41, 5.74) is 1.08. The van der Waals surface area contributed by atoms with Crippen LogP contribution in [0.3, 0.4) is 0 Å². The van der Waals surface area contributed by atoms with Gasteiger partial charge in [0.15, 0.2) is 0 Å². The largest absolute Gasteiger partial charge is 0.313 e. The first-order chi connectivity index (χ1) is 6.07. The summed E-state index contributed by atoms with van der Waals surface area (Å²) in [6, 6.07) is 0. The van der Waals surface area contributed by atoms with Gasteiger partial charge in [-0.2, -0.15) is 0 Å². The highest BCUT2D eigenvalue weighted by Crippen LogP contribution is 2.03. The minimum atomic E-state index is 0.0685. The molecule has 2 aromatic rings. The van der Waals surface area contributed by atoms with Gasteiger partial charge in [-0.05, 0) is 20.8 Å². The normalized spacial score (nSPS) is 12.2. The molecule has 0 atom stereocenters. The molecule has 0 aliphatic rings. The van der Waals surface area contributed by atoms with E-state index in [-0.39, 0.29) is 5.54 Å². The topological polar surface area (TPSA) is 34.1 Å². The summed E-state index contributed by atoms with van der Waals surface area (Å²) in [7, 11) is 0. The van der Waals surface area contributed by atoms with Crippen molar-refractivity contribution in [1.29, 1.82) is 0 Å². The lowest BCUT2D eigenvalue weighted by molar-refractivity contribution is -0.756. The number of aromatic nitrogens is 4. The van der Waals surface area contributed by atoms with E-state index in [1.54, 1.807) is 17.0 Å². The van der Waals surface area contributed by atoms with Crippen LogP contribution >= 0.6 is 0 Å². The van der Waals surface area contributed by atoms with Crippen molar-refractivity contribution in [3.63, 3.8) is 0 Å². The van der Waals surface area contributed by atoms with Crippen LogP contribution in [0.2, 0.25) is 0 Å². The highest BCUT2D eigenvalue weighted by molar-refractivity contribution is 5.37. The Morgan fingerprint density at radius 1 is 1.38 bits per heavy atom. The molecule has 0 aromatic carbocycles. The van der Waals surface area contributed by atoms with Crippen molar-refractivity contribution in [3.05, 3.63) is 25.0 Å². The average Bonchev–Trinajstić information content (AvgIpc) is 2.47. The van der Waals surface area contributed by atoms with Crippen LogP contribution in [0.15, 0.2) is 25.0 Å². The third-order valence-electron chi connectivity index (χ3n) is 1.99. The van der Waals surface area contributed by atoms with Gasteiger partial charge in [-0.25, -0.2) is 9.55 Å². The molecule has 0 amide bonds. The van der Waals surface area contributed by atoms with E-state index in [1.165, 1.54) is 0 Å². The van der Waals surface area contributed by atoms with Gasteiger partial charge in [0.1, 0.15) is 23.6 Å². The van der Waals surface area contributed by atoms with E-state index < -0.39 is 0 Å². The van der Waals surface area contributed by atoms with Gasteiger partial charge in [0.2, 0.25) is 0 Å². The molecule has 0 aliphatic carbocycles. The molecule has 2 heterocycles. The van der Waals surface area contributed by atoms with Gasteiger partial charge in [-0.3, -0.25) is 0 Å². The zero-order chi connectivity index (χ0) is 9.47. The number of rotatable bonds is 0. The first-order valence-electron chi connectivity index (χ1n) is 4.27. The second kappa shape index (κ2) is 2.52.